The van der Waals surface area contributed by atoms with Gasteiger partial charge in [0.15, 0.2) is 0 Å². The second-order valence-corrected chi connectivity index (χ2v) is 7.13. The number of hydrogen-bond acceptors (Lipinski definition) is 3. The average molecular weight is 296 g/mol. The fourth-order valence-electron chi connectivity index (χ4n) is 3.47. The normalized spacial score (nSPS) is 37.1. The van der Waals surface area contributed by atoms with Gasteiger partial charge in [-0.05, 0) is 43.1 Å². The summed E-state index contributed by atoms with van der Waals surface area (Å²) in [5.41, 5.74) is 0. The van der Waals surface area contributed by atoms with Crippen molar-refractivity contribution in [2.75, 3.05) is 0 Å². The summed E-state index contributed by atoms with van der Waals surface area (Å²) in [4.78, 5) is 10.9. The van der Waals surface area contributed by atoms with Crippen molar-refractivity contribution >= 4 is 0 Å². The van der Waals surface area contributed by atoms with Crippen LogP contribution in [-0.2, 0) is 14.5 Å². The predicted molar refractivity (Wildman–Crippen MR) is 84.6 cm³/mol. The van der Waals surface area contributed by atoms with Crippen LogP contribution in [0.4, 0.5) is 0 Å². The lowest BCUT2D eigenvalue weighted by Crippen LogP contribution is -2.38. The van der Waals surface area contributed by atoms with Gasteiger partial charge in [0.05, 0.1) is 6.10 Å². The van der Waals surface area contributed by atoms with Crippen LogP contribution in [0.2, 0.25) is 0 Å². The summed E-state index contributed by atoms with van der Waals surface area (Å²) >= 11 is 0. The van der Waals surface area contributed by atoms with Gasteiger partial charge < -0.3 is 4.74 Å². The maximum absolute atomic E-state index is 6.20. The number of rotatable bonds is 6. The summed E-state index contributed by atoms with van der Waals surface area (Å²) in [7, 11) is 0. The molecule has 0 radical (unpaired) electrons. The van der Waals surface area contributed by atoms with Gasteiger partial charge in [-0.3, -0.25) is 0 Å². The minimum absolute atomic E-state index is 0.0935. The largest absolute Gasteiger partial charge is 0.343 e. The van der Waals surface area contributed by atoms with E-state index in [9.17, 15) is 0 Å². The van der Waals surface area contributed by atoms with Gasteiger partial charge >= 0.3 is 0 Å². The molecule has 0 saturated heterocycles. The van der Waals surface area contributed by atoms with Gasteiger partial charge in [0.1, 0.15) is 6.10 Å². The molecule has 0 N–H and O–H groups in total. The monoisotopic (exact) mass is 296 g/mol. The molecule has 5 atom stereocenters. The zero-order chi connectivity index (χ0) is 15.2. The van der Waals surface area contributed by atoms with Crippen molar-refractivity contribution in [2.24, 2.45) is 17.8 Å². The van der Waals surface area contributed by atoms with Gasteiger partial charge in [-0.1, -0.05) is 53.0 Å². The summed E-state index contributed by atoms with van der Waals surface area (Å²) in [5.74, 6) is 2.04. The quantitative estimate of drug-likeness (QED) is 0.517. The molecule has 0 amide bonds. The van der Waals surface area contributed by atoms with E-state index in [0.29, 0.717) is 17.9 Å². The molecule has 21 heavy (non-hydrogen) atoms. The third-order valence-corrected chi connectivity index (χ3v) is 4.87. The van der Waals surface area contributed by atoms with Crippen molar-refractivity contribution in [1.29, 1.82) is 0 Å². The summed E-state index contributed by atoms with van der Waals surface area (Å²) in [5, 5.41) is 0. The van der Waals surface area contributed by atoms with E-state index in [-0.39, 0.29) is 12.4 Å². The SMILES string of the molecule is CCCCC1C=CC(O[C@@H]2C[C@H](C)CC[C@H]2C(C)C)OO1. The van der Waals surface area contributed by atoms with Crippen molar-refractivity contribution in [3.63, 3.8) is 0 Å². The zero-order valence-electron chi connectivity index (χ0n) is 14.1. The highest BCUT2D eigenvalue weighted by molar-refractivity contribution is 4.94. The zero-order valence-corrected chi connectivity index (χ0v) is 14.1. The molecule has 122 valence electrons. The Bertz CT molecular complexity index is 326. The summed E-state index contributed by atoms with van der Waals surface area (Å²) < 4.78 is 6.20. The van der Waals surface area contributed by atoms with Gasteiger partial charge in [0, 0.05) is 0 Å². The molecule has 1 saturated carbocycles. The van der Waals surface area contributed by atoms with Crippen molar-refractivity contribution in [2.45, 2.75) is 84.7 Å². The van der Waals surface area contributed by atoms with E-state index in [1.807, 2.05) is 6.08 Å². The fourth-order valence-corrected chi connectivity index (χ4v) is 3.47. The van der Waals surface area contributed by atoms with Gasteiger partial charge in [0.2, 0.25) is 6.29 Å². The van der Waals surface area contributed by atoms with Crippen LogP contribution in [0.5, 0.6) is 0 Å². The molecule has 1 fully saturated rings. The van der Waals surface area contributed by atoms with E-state index in [2.05, 4.69) is 33.8 Å². The predicted octanol–water partition coefficient (Wildman–Crippen LogP) is 4.87. The van der Waals surface area contributed by atoms with Crippen LogP contribution in [0.1, 0.15) is 66.2 Å². The highest BCUT2D eigenvalue weighted by atomic mass is 17.2. The third-order valence-electron chi connectivity index (χ3n) is 4.87. The molecule has 1 heterocycles. The van der Waals surface area contributed by atoms with Gasteiger partial charge in [-0.15, -0.1) is 0 Å². The number of unbranched alkanes of at least 4 members (excludes halogenated alkanes) is 1. The highest BCUT2D eigenvalue weighted by Crippen LogP contribution is 2.36. The summed E-state index contributed by atoms with van der Waals surface area (Å²) in [6, 6.07) is 0. The van der Waals surface area contributed by atoms with Crippen molar-refractivity contribution in [3.05, 3.63) is 12.2 Å². The van der Waals surface area contributed by atoms with Gasteiger partial charge in [-0.2, -0.15) is 4.89 Å². The minimum Gasteiger partial charge on any atom is -0.343 e. The molecule has 0 aromatic carbocycles. The summed E-state index contributed by atoms with van der Waals surface area (Å²) in [6.07, 6.45) is 11.3. The first kappa shape index (κ1) is 17.0. The molecule has 3 heteroatoms. The Balaban J connectivity index is 1.85. The maximum atomic E-state index is 6.20. The topological polar surface area (TPSA) is 27.7 Å². The Kier molecular flexibility index (Phi) is 6.72. The van der Waals surface area contributed by atoms with E-state index in [0.717, 1.165) is 18.8 Å². The molecule has 0 aromatic heterocycles. The molecule has 1 aliphatic heterocycles. The van der Waals surface area contributed by atoms with Crippen LogP contribution in [0.3, 0.4) is 0 Å². The van der Waals surface area contributed by atoms with Crippen LogP contribution in [-0.4, -0.2) is 18.5 Å². The lowest BCUT2D eigenvalue weighted by Gasteiger charge is -2.38. The van der Waals surface area contributed by atoms with E-state index in [1.54, 1.807) is 0 Å². The standard InChI is InChI=1S/C18H32O3/c1-5-6-7-15-9-11-18(21-20-15)19-17-12-14(4)8-10-16(17)13(2)3/h9,11,13-18H,5-8,10,12H2,1-4H3/t14-,15?,16+,17-,18?/m1/s1. The molecular weight excluding hydrogens is 264 g/mol. The molecule has 2 unspecified atom stereocenters. The van der Waals surface area contributed by atoms with Crippen LogP contribution in [0.15, 0.2) is 12.2 Å². The molecular formula is C18H32O3. The highest BCUT2D eigenvalue weighted by Gasteiger charge is 2.33. The van der Waals surface area contributed by atoms with Crippen LogP contribution < -0.4 is 0 Å². The first-order valence-electron chi connectivity index (χ1n) is 8.76. The van der Waals surface area contributed by atoms with Gasteiger partial charge in [0.25, 0.3) is 0 Å². The van der Waals surface area contributed by atoms with Crippen LogP contribution in [0, 0.1) is 17.8 Å². The molecule has 2 rings (SSSR count). The molecule has 0 aromatic rings. The second-order valence-electron chi connectivity index (χ2n) is 7.13. The fraction of sp³-hybridized carbons (Fsp3) is 0.889. The van der Waals surface area contributed by atoms with Crippen LogP contribution >= 0.6 is 0 Å². The Morgan fingerprint density at radius 1 is 1.19 bits per heavy atom. The number of ether oxygens (including phenoxy) is 1. The average Bonchev–Trinajstić information content (AvgIpc) is 2.46. The smallest absolute Gasteiger partial charge is 0.210 e. The Hall–Kier alpha value is -0.380. The Morgan fingerprint density at radius 2 is 2.00 bits per heavy atom. The van der Waals surface area contributed by atoms with Crippen molar-refractivity contribution in [1.82, 2.24) is 0 Å². The van der Waals surface area contributed by atoms with E-state index in [1.165, 1.54) is 25.7 Å². The molecule has 3 nitrogen and oxygen atoms in total. The van der Waals surface area contributed by atoms with E-state index in [4.69, 9.17) is 14.5 Å². The lowest BCUT2D eigenvalue weighted by molar-refractivity contribution is -0.395. The van der Waals surface area contributed by atoms with Gasteiger partial charge in [-0.25, -0.2) is 4.89 Å². The van der Waals surface area contributed by atoms with E-state index >= 15 is 0 Å². The summed E-state index contributed by atoms with van der Waals surface area (Å²) in [6.45, 7) is 9.11. The minimum atomic E-state index is -0.334. The molecule has 0 bridgehead atoms. The first-order chi connectivity index (χ1) is 10.1. The second kappa shape index (κ2) is 8.30. The van der Waals surface area contributed by atoms with Crippen molar-refractivity contribution < 1.29 is 14.5 Å². The van der Waals surface area contributed by atoms with Crippen molar-refractivity contribution in [3.8, 4) is 0 Å². The Morgan fingerprint density at radius 3 is 2.62 bits per heavy atom. The molecule has 0 spiro atoms. The maximum Gasteiger partial charge on any atom is 0.210 e. The number of hydrogen-bond donors (Lipinski definition) is 0. The van der Waals surface area contributed by atoms with Crippen LogP contribution in [0.25, 0.3) is 0 Å². The molecule has 1 aliphatic carbocycles. The Labute approximate surface area is 130 Å². The molecule has 2 aliphatic rings. The first-order valence-corrected chi connectivity index (χ1v) is 8.76. The third kappa shape index (κ3) is 5.08. The van der Waals surface area contributed by atoms with E-state index < -0.39 is 0 Å². The lowest BCUT2D eigenvalue weighted by atomic mass is 9.75.